The molecule has 1 aliphatic carbocycles. The van der Waals surface area contributed by atoms with Gasteiger partial charge in [-0.15, -0.1) is 0 Å². The third-order valence-corrected chi connectivity index (χ3v) is 8.73. The molecule has 0 radical (unpaired) electrons. The Bertz CT molecular complexity index is 1470. The predicted octanol–water partition coefficient (Wildman–Crippen LogP) is 3.05. The summed E-state index contributed by atoms with van der Waals surface area (Å²) >= 11 is 0. The number of rotatable bonds is 9. The summed E-state index contributed by atoms with van der Waals surface area (Å²) in [6, 6.07) is 9.58. The van der Waals surface area contributed by atoms with E-state index in [-0.39, 0.29) is 18.4 Å². The molecule has 11 nitrogen and oxygen atoms in total. The summed E-state index contributed by atoms with van der Waals surface area (Å²) < 4.78 is 30.5. The lowest BCUT2D eigenvalue weighted by Gasteiger charge is -2.31. The summed E-state index contributed by atoms with van der Waals surface area (Å²) in [7, 11) is 2.08. The molecule has 2 heterocycles. The van der Waals surface area contributed by atoms with Crippen LogP contribution in [-0.2, 0) is 30.7 Å². The molecule has 40 heavy (non-hydrogen) atoms. The maximum Gasteiger partial charge on any atom is 0.330 e. The molecule has 0 bridgehead atoms. The van der Waals surface area contributed by atoms with Crippen LogP contribution in [0.5, 0.6) is 0 Å². The maximum atomic E-state index is 13.9. The number of anilines is 2. The van der Waals surface area contributed by atoms with Crippen molar-refractivity contribution in [1.82, 2.24) is 19.7 Å². The number of amides is 1. The van der Waals surface area contributed by atoms with E-state index in [9.17, 15) is 18.0 Å². The van der Waals surface area contributed by atoms with Gasteiger partial charge in [0.1, 0.15) is 22.0 Å². The van der Waals surface area contributed by atoms with Crippen molar-refractivity contribution in [1.29, 1.82) is 0 Å². The summed E-state index contributed by atoms with van der Waals surface area (Å²) in [6.07, 6.45) is 10.7. The number of nitrogens with zero attached hydrogens (tertiary/aromatic N) is 6. The van der Waals surface area contributed by atoms with Crippen molar-refractivity contribution in [3.63, 3.8) is 0 Å². The molecule has 2 aromatic heterocycles. The maximum absolute atomic E-state index is 13.9. The third kappa shape index (κ3) is 7.12. The van der Waals surface area contributed by atoms with E-state index in [0.29, 0.717) is 37.2 Å². The average molecular weight is 567 g/mol. The summed E-state index contributed by atoms with van der Waals surface area (Å²) in [5.74, 6) is -0.633. The Morgan fingerprint density at radius 2 is 1.80 bits per heavy atom. The zero-order valence-corrected chi connectivity index (χ0v) is 23.9. The number of ether oxygens (including phenoxy) is 1. The lowest BCUT2D eigenvalue weighted by atomic mass is 9.87. The fourth-order valence-corrected chi connectivity index (χ4v) is 5.85. The van der Waals surface area contributed by atoms with Gasteiger partial charge in [0.2, 0.25) is 5.91 Å². The van der Waals surface area contributed by atoms with E-state index >= 15 is 0 Å². The molecule has 0 aliphatic heterocycles. The van der Waals surface area contributed by atoms with E-state index in [4.69, 9.17) is 0 Å². The van der Waals surface area contributed by atoms with E-state index < -0.39 is 21.1 Å². The van der Waals surface area contributed by atoms with Gasteiger partial charge < -0.3 is 9.64 Å². The Hall–Kier alpha value is -4.06. The Morgan fingerprint density at radius 3 is 2.42 bits per heavy atom. The smallest absolute Gasteiger partial charge is 0.330 e. The number of carbonyl (C=O) groups is 2. The van der Waals surface area contributed by atoms with Gasteiger partial charge in [0.15, 0.2) is 0 Å². The van der Waals surface area contributed by atoms with E-state index in [1.54, 1.807) is 21.8 Å². The third-order valence-electron chi connectivity index (χ3n) is 7.04. The zero-order valence-electron chi connectivity index (χ0n) is 23.1. The van der Waals surface area contributed by atoms with Crippen LogP contribution in [0.25, 0.3) is 11.8 Å². The van der Waals surface area contributed by atoms with Crippen molar-refractivity contribution in [3.8, 4) is 5.69 Å². The largest absolute Gasteiger partial charge is 0.466 e. The molecular weight excluding hydrogens is 532 g/mol. The van der Waals surface area contributed by atoms with Gasteiger partial charge in [-0.1, -0.05) is 0 Å². The number of benzene rings is 1. The van der Waals surface area contributed by atoms with Crippen LogP contribution in [0.2, 0.25) is 0 Å². The molecular formula is C28H34N6O5S. The van der Waals surface area contributed by atoms with Crippen LogP contribution in [0.3, 0.4) is 0 Å². The van der Waals surface area contributed by atoms with Crippen LogP contribution in [0.4, 0.5) is 11.5 Å². The van der Waals surface area contributed by atoms with E-state index in [1.165, 1.54) is 31.8 Å². The fourth-order valence-electron chi connectivity index (χ4n) is 4.72. The first kappa shape index (κ1) is 28.9. The lowest BCUT2D eigenvalue weighted by Crippen LogP contribution is -2.39. The van der Waals surface area contributed by atoms with Crippen LogP contribution < -0.4 is 9.80 Å². The van der Waals surface area contributed by atoms with Crippen LogP contribution in [0.1, 0.15) is 36.9 Å². The molecule has 0 atom stereocenters. The highest BCUT2D eigenvalue weighted by atomic mass is 32.2. The summed E-state index contributed by atoms with van der Waals surface area (Å²) in [5.41, 5.74) is 3.18. The van der Waals surface area contributed by atoms with Crippen molar-refractivity contribution in [2.24, 2.45) is 5.92 Å². The first-order chi connectivity index (χ1) is 19.0. The first-order valence-corrected chi connectivity index (χ1v) is 14.9. The van der Waals surface area contributed by atoms with E-state index in [1.807, 2.05) is 49.5 Å². The van der Waals surface area contributed by atoms with Gasteiger partial charge in [-0.25, -0.2) is 27.9 Å². The quantitative estimate of drug-likeness (QED) is 0.284. The van der Waals surface area contributed by atoms with Crippen molar-refractivity contribution in [3.05, 3.63) is 66.4 Å². The first-order valence-electron chi connectivity index (χ1n) is 12.9. The molecule has 212 valence electrons. The second kappa shape index (κ2) is 12.4. The number of hydrogen-bond acceptors (Lipinski definition) is 9. The number of methoxy groups -OCH3 is 1. The molecule has 0 unspecified atom stereocenters. The van der Waals surface area contributed by atoms with Crippen LogP contribution in [-0.4, -0.2) is 72.8 Å². The van der Waals surface area contributed by atoms with Gasteiger partial charge in [0.05, 0.1) is 36.5 Å². The lowest BCUT2D eigenvalue weighted by molar-refractivity contribution is -0.134. The molecule has 0 saturated heterocycles. The molecule has 0 N–H and O–H groups in total. The topological polar surface area (TPSA) is 128 Å². The highest BCUT2D eigenvalue weighted by Crippen LogP contribution is 2.31. The van der Waals surface area contributed by atoms with Gasteiger partial charge in [-0.2, -0.15) is 5.10 Å². The standard InChI is InChI=1S/C28H34N6O5S/c1-32(2)23-8-10-24(11-9-23)34-18-20(16-31-34)17-33(26-15-22(29-19-30-26)7-14-27(35)39-3)28(36)21-5-12-25(13-6-21)40(4,37)38/h7-11,14-16,18-19,21,25H,5-6,12-13,17H2,1-4H3/b14-7+. The van der Waals surface area contributed by atoms with Gasteiger partial charge in [0.25, 0.3) is 0 Å². The molecule has 1 saturated carbocycles. The molecule has 1 fully saturated rings. The minimum atomic E-state index is -3.15. The van der Waals surface area contributed by atoms with Crippen molar-refractivity contribution in [2.75, 3.05) is 37.3 Å². The van der Waals surface area contributed by atoms with Gasteiger partial charge in [0, 0.05) is 55.9 Å². The van der Waals surface area contributed by atoms with Gasteiger partial charge >= 0.3 is 5.97 Å². The second-order valence-corrected chi connectivity index (χ2v) is 12.4. The Morgan fingerprint density at radius 1 is 1.10 bits per heavy atom. The van der Waals surface area contributed by atoms with Crippen LogP contribution in [0, 0.1) is 5.92 Å². The monoisotopic (exact) mass is 566 g/mol. The minimum absolute atomic E-state index is 0.142. The van der Waals surface area contributed by atoms with Crippen molar-refractivity contribution >= 4 is 39.3 Å². The Labute approximate surface area is 234 Å². The molecule has 4 rings (SSSR count). The van der Waals surface area contributed by atoms with Crippen molar-refractivity contribution < 1.29 is 22.7 Å². The van der Waals surface area contributed by atoms with Crippen LogP contribution >= 0.6 is 0 Å². The summed E-state index contributed by atoms with van der Waals surface area (Å²) in [5, 5.41) is 4.08. The van der Waals surface area contributed by atoms with E-state index in [0.717, 1.165) is 16.9 Å². The molecule has 1 aliphatic rings. The summed E-state index contributed by atoms with van der Waals surface area (Å²) in [4.78, 5) is 37.5. The van der Waals surface area contributed by atoms with Gasteiger partial charge in [-0.3, -0.25) is 9.69 Å². The number of sulfone groups is 1. The molecule has 3 aromatic rings. The second-order valence-electron chi connectivity index (χ2n) is 10.1. The predicted molar refractivity (Wildman–Crippen MR) is 153 cm³/mol. The highest BCUT2D eigenvalue weighted by molar-refractivity contribution is 7.91. The summed E-state index contributed by atoms with van der Waals surface area (Å²) in [6.45, 7) is 0.206. The highest BCUT2D eigenvalue weighted by Gasteiger charge is 2.34. The molecule has 12 heteroatoms. The number of aromatic nitrogens is 4. The normalized spacial score (nSPS) is 17.5. The molecule has 1 amide bonds. The van der Waals surface area contributed by atoms with Crippen molar-refractivity contribution in [2.45, 2.75) is 37.5 Å². The zero-order chi connectivity index (χ0) is 28.9. The molecule has 0 spiro atoms. The minimum Gasteiger partial charge on any atom is -0.466 e. The van der Waals surface area contributed by atoms with Gasteiger partial charge in [-0.05, 0) is 56.0 Å². The number of carbonyl (C=O) groups excluding carboxylic acids is 2. The molecule has 1 aromatic carbocycles. The number of esters is 1. The SMILES string of the molecule is COC(=O)/C=C/c1cc(N(Cc2cnn(-c3ccc(N(C)C)cc3)c2)C(=O)C2CCC(S(C)(=O)=O)CC2)ncn1. The van der Waals surface area contributed by atoms with E-state index in [2.05, 4.69) is 19.8 Å². The fraction of sp³-hybridized carbons (Fsp3) is 0.393. The number of hydrogen-bond donors (Lipinski definition) is 0. The average Bonchev–Trinajstić information content (AvgIpc) is 3.43. The Kier molecular flexibility index (Phi) is 8.98. The van der Waals surface area contributed by atoms with Crippen LogP contribution in [0.15, 0.2) is 55.1 Å². The Balaban J connectivity index is 1.60.